The van der Waals surface area contributed by atoms with Crippen molar-refractivity contribution in [1.29, 1.82) is 0 Å². The lowest BCUT2D eigenvalue weighted by atomic mass is 9.98. The molecule has 0 aliphatic carbocycles. The standard InChI is InChI=1S/C20H21Cl2N3O5S/c1-13-16(21)11-23-19(18(13)22)24-17(26)12-30-20(27)14-7-9-25(10-8-14)31(28,29)15-5-3-2-4-6-15/h2-6,11,14H,7-10,12H2,1H3,(H,23,24,26). The maximum atomic E-state index is 12.7. The third-order valence-electron chi connectivity index (χ3n) is 4.97. The number of hydrogen-bond donors (Lipinski definition) is 1. The second kappa shape index (κ2) is 9.95. The molecule has 166 valence electrons. The highest BCUT2D eigenvalue weighted by Crippen LogP contribution is 2.28. The highest BCUT2D eigenvalue weighted by Gasteiger charge is 2.33. The SMILES string of the molecule is Cc1c(Cl)cnc(NC(=O)COC(=O)C2CCN(S(=O)(=O)c3ccccc3)CC2)c1Cl. The van der Waals surface area contributed by atoms with Crippen LogP contribution < -0.4 is 5.32 Å². The summed E-state index contributed by atoms with van der Waals surface area (Å²) in [5.74, 6) is -1.48. The summed E-state index contributed by atoms with van der Waals surface area (Å²) in [6, 6.07) is 8.15. The van der Waals surface area contributed by atoms with Gasteiger partial charge >= 0.3 is 5.97 Å². The number of aromatic nitrogens is 1. The van der Waals surface area contributed by atoms with Crippen molar-refractivity contribution in [3.05, 3.63) is 52.1 Å². The summed E-state index contributed by atoms with van der Waals surface area (Å²) in [5.41, 5.74) is 0.572. The first-order valence-corrected chi connectivity index (χ1v) is 11.7. The molecule has 0 bridgehead atoms. The largest absolute Gasteiger partial charge is 0.455 e. The minimum absolute atomic E-state index is 0.129. The van der Waals surface area contributed by atoms with Crippen LogP contribution in [0.2, 0.25) is 10.0 Å². The van der Waals surface area contributed by atoms with E-state index in [1.165, 1.54) is 22.6 Å². The number of anilines is 1. The van der Waals surface area contributed by atoms with Crippen LogP contribution in [0.4, 0.5) is 5.82 Å². The van der Waals surface area contributed by atoms with Gasteiger partial charge in [-0.25, -0.2) is 13.4 Å². The van der Waals surface area contributed by atoms with Crippen molar-refractivity contribution >= 4 is 50.9 Å². The first-order valence-electron chi connectivity index (χ1n) is 9.52. The van der Waals surface area contributed by atoms with Crippen LogP contribution >= 0.6 is 23.2 Å². The molecular formula is C20H21Cl2N3O5S. The van der Waals surface area contributed by atoms with Gasteiger partial charge in [0.1, 0.15) is 0 Å². The predicted octanol–water partition coefficient (Wildman–Crippen LogP) is 3.28. The minimum Gasteiger partial charge on any atom is -0.455 e. The topological polar surface area (TPSA) is 106 Å². The highest BCUT2D eigenvalue weighted by molar-refractivity contribution is 7.89. The van der Waals surface area contributed by atoms with E-state index < -0.39 is 34.4 Å². The zero-order chi connectivity index (χ0) is 22.6. The van der Waals surface area contributed by atoms with Crippen LogP contribution in [-0.2, 0) is 24.3 Å². The van der Waals surface area contributed by atoms with Crippen molar-refractivity contribution in [1.82, 2.24) is 9.29 Å². The molecule has 1 saturated heterocycles. The number of carbonyl (C=O) groups is 2. The first-order chi connectivity index (χ1) is 14.7. The van der Waals surface area contributed by atoms with Gasteiger partial charge in [-0.1, -0.05) is 41.4 Å². The Kier molecular flexibility index (Phi) is 7.53. The van der Waals surface area contributed by atoms with Crippen LogP contribution in [0.3, 0.4) is 0 Å². The zero-order valence-corrected chi connectivity index (χ0v) is 19.0. The van der Waals surface area contributed by atoms with E-state index >= 15 is 0 Å². The summed E-state index contributed by atoms with van der Waals surface area (Å²) in [4.78, 5) is 28.6. The Balaban J connectivity index is 1.49. The van der Waals surface area contributed by atoms with Crippen LogP contribution in [-0.4, -0.2) is 49.3 Å². The molecule has 2 aromatic rings. The Labute approximate surface area is 190 Å². The number of piperidine rings is 1. The van der Waals surface area contributed by atoms with Gasteiger partial charge in [0, 0.05) is 19.3 Å². The molecular weight excluding hydrogens is 465 g/mol. The van der Waals surface area contributed by atoms with Crippen molar-refractivity contribution in [2.24, 2.45) is 5.92 Å². The molecule has 0 atom stereocenters. The van der Waals surface area contributed by atoms with Crippen molar-refractivity contribution in [2.45, 2.75) is 24.7 Å². The molecule has 1 aromatic heterocycles. The van der Waals surface area contributed by atoms with Gasteiger partial charge in [0.25, 0.3) is 5.91 Å². The van der Waals surface area contributed by atoms with Crippen molar-refractivity contribution in [2.75, 3.05) is 25.0 Å². The number of amides is 1. The number of sulfonamides is 1. The number of rotatable bonds is 6. The Bertz CT molecular complexity index is 1070. The molecule has 31 heavy (non-hydrogen) atoms. The second-order valence-electron chi connectivity index (χ2n) is 7.04. The molecule has 3 rings (SSSR count). The van der Waals surface area contributed by atoms with Crippen LogP contribution in [0.15, 0.2) is 41.4 Å². The van der Waals surface area contributed by atoms with Crippen LogP contribution in [0.1, 0.15) is 18.4 Å². The summed E-state index contributed by atoms with van der Waals surface area (Å²) < 4.78 is 31.8. The van der Waals surface area contributed by atoms with Crippen molar-refractivity contribution in [3.63, 3.8) is 0 Å². The van der Waals surface area contributed by atoms with E-state index in [-0.39, 0.29) is 28.8 Å². The van der Waals surface area contributed by atoms with Crippen LogP contribution in [0, 0.1) is 12.8 Å². The van der Waals surface area contributed by atoms with Gasteiger partial charge in [-0.3, -0.25) is 9.59 Å². The summed E-state index contributed by atoms with van der Waals surface area (Å²) in [6.07, 6.45) is 1.99. The van der Waals surface area contributed by atoms with Crippen molar-refractivity contribution < 1.29 is 22.7 Å². The smallest absolute Gasteiger partial charge is 0.309 e. The van der Waals surface area contributed by atoms with E-state index in [4.69, 9.17) is 27.9 Å². The third kappa shape index (κ3) is 5.54. The predicted molar refractivity (Wildman–Crippen MR) is 117 cm³/mol. The number of nitrogens with zero attached hydrogens (tertiary/aromatic N) is 2. The molecule has 0 unspecified atom stereocenters. The number of carbonyl (C=O) groups excluding carboxylic acids is 2. The fourth-order valence-electron chi connectivity index (χ4n) is 3.14. The molecule has 1 aliphatic rings. The number of pyridine rings is 1. The fourth-order valence-corrected chi connectivity index (χ4v) is 5.02. The quantitative estimate of drug-likeness (QED) is 0.629. The highest BCUT2D eigenvalue weighted by atomic mass is 35.5. The Morgan fingerprint density at radius 1 is 1.19 bits per heavy atom. The van der Waals surface area contributed by atoms with Gasteiger partial charge in [0.15, 0.2) is 12.4 Å². The van der Waals surface area contributed by atoms with Gasteiger partial charge in [0.2, 0.25) is 10.0 Å². The van der Waals surface area contributed by atoms with Gasteiger partial charge in [0.05, 0.1) is 20.9 Å². The Hall–Kier alpha value is -2.20. The van der Waals surface area contributed by atoms with Gasteiger partial charge in [-0.2, -0.15) is 4.31 Å². The molecule has 1 amide bonds. The van der Waals surface area contributed by atoms with Crippen molar-refractivity contribution in [3.8, 4) is 0 Å². The lowest BCUT2D eigenvalue weighted by Gasteiger charge is -2.30. The third-order valence-corrected chi connectivity index (χ3v) is 7.73. The van der Waals surface area contributed by atoms with Gasteiger partial charge < -0.3 is 10.1 Å². The molecule has 11 heteroatoms. The van der Waals surface area contributed by atoms with Gasteiger partial charge in [-0.15, -0.1) is 0 Å². The van der Waals surface area contributed by atoms with E-state index in [0.29, 0.717) is 23.4 Å². The first kappa shape index (κ1) is 23.5. The molecule has 0 saturated carbocycles. The Morgan fingerprint density at radius 3 is 2.48 bits per heavy atom. The second-order valence-corrected chi connectivity index (χ2v) is 9.76. The minimum atomic E-state index is -3.59. The van der Waals surface area contributed by atoms with E-state index in [1.807, 2.05) is 0 Å². The van der Waals surface area contributed by atoms with Crippen LogP contribution in [0.25, 0.3) is 0 Å². The number of benzene rings is 1. The number of hydrogen-bond acceptors (Lipinski definition) is 6. The van der Waals surface area contributed by atoms with E-state index in [2.05, 4.69) is 10.3 Å². The number of halogens is 2. The summed E-state index contributed by atoms with van der Waals surface area (Å²) in [7, 11) is -3.59. The number of ether oxygens (including phenoxy) is 1. The lowest BCUT2D eigenvalue weighted by molar-refractivity contribution is -0.152. The summed E-state index contributed by atoms with van der Waals surface area (Å²) in [5, 5.41) is 3.05. The number of nitrogens with one attached hydrogen (secondary N) is 1. The molecule has 1 N–H and O–H groups in total. The molecule has 1 fully saturated rings. The van der Waals surface area contributed by atoms with E-state index in [1.54, 1.807) is 25.1 Å². The molecule has 2 heterocycles. The monoisotopic (exact) mass is 485 g/mol. The van der Waals surface area contributed by atoms with E-state index in [9.17, 15) is 18.0 Å². The maximum Gasteiger partial charge on any atom is 0.309 e. The normalized spacial score (nSPS) is 15.5. The van der Waals surface area contributed by atoms with Crippen LogP contribution in [0.5, 0.6) is 0 Å². The van der Waals surface area contributed by atoms with E-state index in [0.717, 1.165) is 0 Å². The average molecular weight is 486 g/mol. The molecule has 0 radical (unpaired) electrons. The number of esters is 1. The maximum absolute atomic E-state index is 12.7. The molecule has 8 nitrogen and oxygen atoms in total. The molecule has 0 spiro atoms. The fraction of sp³-hybridized carbons (Fsp3) is 0.350. The lowest BCUT2D eigenvalue weighted by Crippen LogP contribution is -2.40. The van der Waals surface area contributed by atoms with Gasteiger partial charge in [-0.05, 0) is 37.5 Å². The summed E-state index contributed by atoms with van der Waals surface area (Å²) in [6.45, 7) is 1.59. The molecule has 1 aliphatic heterocycles. The zero-order valence-electron chi connectivity index (χ0n) is 16.7. The average Bonchev–Trinajstić information content (AvgIpc) is 2.78. The molecule has 1 aromatic carbocycles. The summed E-state index contributed by atoms with van der Waals surface area (Å²) >= 11 is 12.0. The Morgan fingerprint density at radius 2 is 1.84 bits per heavy atom.